The van der Waals surface area contributed by atoms with Crippen molar-refractivity contribution in [1.29, 1.82) is 5.26 Å². The van der Waals surface area contributed by atoms with Crippen molar-refractivity contribution in [3.8, 4) is 11.8 Å². The number of anilines is 1. The zero-order valence-electron chi connectivity index (χ0n) is 11.0. The third-order valence-corrected chi connectivity index (χ3v) is 2.87. The lowest BCUT2D eigenvalue weighted by Gasteiger charge is -2.27. The van der Waals surface area contributed by atoms with E-state index in [2.05, 4.69) is 25.9 Å². The first-order valence-electron chi connectivity index (χ1n) is 6.31. The predicted molar refractivity (Wildman–Crippen MR) is 73.1 cm³/mol. The van der Waals surface area contributed by atoms with Crippen molar-refractivity contribution in [3.05, 3.63) is 36.3 Å². The zero-order valence-corrected chi connectivity index (χ0v) is 11.0. The Bertz CT molecular complexity index is 672. The van der Waals surface area contributed by atoms with Crippen LogP contribution in [-0.2, 0) is 4.74 Å². The molecule has 2 N–H and O–H groups in total. The summed E-state index contributed by atoms with van der Waals surface area (Å²) in [6, 6.07) is 9.48. The monoisotopic (exact) mass is 284 g/mol. The Labute approximate surface area is 120 Å². The fraction of sp³-hybridized carbons (Fsp3) is 0.231. The van der Waals surface area contributed by atoms with Crippen LogP contribution in [0.15, 0.2) is 30.5 Å². The van der Waals surface area contributed by atoms with Gasteiger partial charge in [0.1, 0.15) is 23.5 Å². The molecule has 0 atom stereocenters. The van der Waals surface area contributed by atoms with Crippen molar-refractivity contribution < 1.29 is 9.47 Å². The Morgan fingerprint density at radius 3 is 3.00 bits per heavy atom. The van der Waals surface area contributed by atoms with Gasteiger partial charge in [-0.3, -0.25) is 0 Å². The summed E-state index contributed by atoms with van der Waals surface area (Å²) in [5.41, 5.74) is 1.02. The van der Waals surface area contributed by atoms with E-state index in [9.17, 15) is 0 Å². The number of nitrogens with one attached hydrogen (secondary N) is 2. The van der Waals surface area contributed by atoms with Crippen LogP contribution in [0.2, 0.25) is 0 Å². The highest BCUT2D eigenvalue weighted by molar-refractivity contribution is 5.74. The number of para-hydroxylation sites is 2. The lowest BCUT2D eigenvalue weighted by molar-refractivity contribution is -0.0793. The molecule has 1 fully saturated rings. The summed E-state index contributed by atoms with van der Waals surface area (Å²) in [6.07, 6.45) is 1.59. The number of aromatic amines is 1. The number of hydrogen-bond acceptors (Lipinski definition) is 7. The number of nitrogens with zero attached hydrogens (tertiary/aromatic N) is 4. The second-order valence-corrected chi connectivity index (χ2v) is 4.32. The Kier molecular flexibility index (Phi) is 3.75. The van der Waals surface area contributed by atoms with E-state index in [-0.39, 0.29) is 17.5 Å². The fourth-order valence-electron chi connectivity index (χ4n) is 1.72. The van der Waals surface area contributed by atoms with Crippen molar-refractivity contribution >= 4 is 11.3 Å². The molecule has 0 saturated carbocycles. The Morgan fingerprint density at radius 2 is 2.33 bits per heavy atom. The van der Waals surface area contributed by atoms with Gasteiger partial charge < -0.3 is 14.8 Å². The Hall–Kier alpha value is -2.92. The summed E-state index contributed by atoms with van der Waals surface area (Å²) in [5.74, 6) is 0.934. The van der Waals surface area contributed by atoms with Crippen LogP contribution in [0, 0.1) is 11.3 Å². The molecule has 1 aliphatic heterocycles. The quantitative estimate of drug-likeness (QED) is 0.787. The van der Waals surface area contributed by atoms with Gasteiger partial charge in [0.05, 0.1) is 18.9 Å². The molecule has 3 rings (SSSR count). The third-order valence-electron chi connectivity index (χ3n) is 2.87. The van der Waals surface area contributed by atoms with Gasteiger partial charge in [-0.2, -0.15) is 10.5 Å². The maximum Gasteiger partial charge on any atom is 0.216 e. The van der Waals surface area contributed by atoms with Gasteiger partial charge in [0.15, 0.2) is 0 Å². The van der Waals surface area contributed by atoms with E-state index in [0.717, 1.165) is 5.69 Å². The van der Waals surface area contributed by atoms with E-state index in [4.69, 9.17) is 14.7 Å². The zero-order chi connectivity index (χ0) is 14.5. The van der Waals surface area contributed by atoms with E-state index in [1.807, 2.05) is 30.3 Å². The number of rotatable bonds is 5. The summed E-state index contributed by atoms with van der Waals surface area (Å²) in [7, 11) is 0. The van der Waals surface area contributed by atoms with Crippen molar-refractivity contribution in [2.75, 3.05) is 18.5 Å². The normalized spacial score (nSPS) is 15.1. The van der Waals surface area contributed by atoms with Gasteiger partial charge >= 0.3 is 0 Å². The fourth-order valence-corrected chi connectivity index (χ4v) is 1.72. The molecule has 0 unspecified atom stereocenters. The standard InChI is InChI=1S/C13H12N6O2/c14-5-9(13-16-18-19-17-13)6-15-11-3-1-2-4-12(11)21-10-7-20-8-10/h1-4,6,10,15H,7-8H2,(H,16,17,18,19). The van der Waals surface area contributed by atoms with E-state index < -0.39 is 0 Å². The number of benzene rings is 1. The minimum absolute atomic E-state index is 0.0737. The molecule has 2 aromatic rings. The summed E-state index contributed by atoms with van der Waals surface area (Å²) in [6.45, 7) is 1.19. The molecule has 106 valence electrons. The molecular weight excluding hydrogens is 272 g/mol. The van der Waals surface area contributed by atoms with E-state index in [1.54, 1.807) is 0 Å². The van der Waals surface area contributed by atoms with E-state index in [0.29, 0.717) is 19.0 Å². The topological polar surface area (TPSA) is 109 Å². The highest BCUT2D eigenvalue weighted by Gasteiger charge is 2.21. The molecule has 0 aliphatic carbocycles. The van der Waals surface area contributed by atoms with Gasteiger partial charge in [-0.1, -0.05) is 12.1 Å². The van der Waals surface area contributed by atoms with Crippen LogP contribution in [-0.4, -0.2) is 39.9 Å². The minimum atomic E-state index is 0.0737. The van der Waals surface area contributed by atoms with Crippen molar-refractivity contribution in [2.45, 2.75) is 6.10 Å². The summed E-state index contributed by atoms with van der Waals surface area (Å²) < 4.78 is 10.9. The largest absolute Gasteiger partial charge is 0.483 e. The van der Waals surface area contributed by atoms with Crippen molar-refractivity contribution in [1.82, 2.24) is 20.6 Å². The Morgan fingerprint density at radius 1 is 1.48 bits per heavy atom. The highest BCUT2D eigenvalue weighted by Crippen LogP contribution is 2.26. The SMILES string of the molecule is N#CC(=CNc1ccccc1OC1COC1)c1nn[nH]n1. The van der Waals surface area contributed by atoms with Crippen LogP contribution < -0.4 is 10.1 Å². The first-order valence-corrected chi connectivity index (χ1v) is 6.31. The first-order chi connectivity index (χ1) is 10.4. The smallest absolute Gasteiger partial charge is 0.216 e. The summed E-state index contributed by atoms with van der Waals surface area (Å²) in [5, 5.41) is 25.4. The third kappa shape index (κ3) is 2.98. The van der Waals surface area contributed by atoms with Crippen LogP contribution in [0.4, 0.5) is 5.69 Å². The molecule has 0 spiro atoms. The molecule has 8 nitrogen and oxygen atoms in total. The van der Waals surface area contributed by atoms with Gasteiger partial charge in [0, 0.05) is 6.20 Å². The minimum Gasteiger partial charge on any atom is -0.483 e. The molecule has 0 radical (unpaired) electrons. The average Bonchev–Trinajstić information content (AvgIpc) is 2.99. The number of hydrogen-bond donors (Lipinski definition) is 2. The first kappa shape index (κ1) is 13.1. The number of aromatic nitrogens is 4. The number of nitriles is 1. The van der Waals surface area contributed by atoms with Crippen molar-refractivity contribution in [2.24, 2.45) is 0 Å². The van der Waals surface area contributed by atoms with Gasteiger partial charge in [-0.05, 0) is 17.3 Å². The van der Waals surface area contributed by atoms with Crippen LogP contribution in [0.5, 0.6) is 5.75 Å². The molecule has 1 aromatic carbocycles. The number of allylic oxidation sites excluding steroid dienone is 1. The van der Waals surface area contributed by atoms with Gasteiger partial charge in [-0.25, -0.2) is 0 Å². The molecule has 21 heavy (non-hydrogen) atoms. The molecular formula is C13H12N6O2. The molecule has 0 amide bonds. The summed E-state index contributed by atoms with van der Waals surface area (Å²) in [4.78, 5) is 0. The molecule has 1 saturated heterocycles. The number of ether oxygens (including phenoxy) is 2. The number of tetrazole rings is 1. The van der Waals surface area contributed by atoms with Crippen LogP contribution >= 0.6 is 0 Å². The van der Waals surface area contributed by atoms with Crippen LogP contribution in [0.25, 0.3) is 5.57 Å². The maximum absolute atomic E-state index is 9.11. The Balaban J connectivity index is 1.76. The second-order valence-electron chi connectivity index (χ2n) is 4.32. The second kappa shape index (κ2) is 6.02. The lowest BCUT2D eigenvalue weighted by atomic mass is 10.2. The number of H-pyrrole nitrogens is 1. The molecule has 1 aromatic heterocycles. The predicted octanol–water partition coefficient (Wildman–Crippen LogP) is 0.954. The molecule has 0 bridgehead atoms. The highest BCUT2D eigenvalue weighted by atomic mass is 16.6. The van der Waals surface area contributed by atoms with E-state index in [1.165, 1.54) is 6.20 Å². The van der Waals surface area contributed by atoms with E-state index >= 15 is 0 Å². The average molecular weight is 284 g/mol. The summed E-state index contributed by atoms with van der Waals surface area (Å²) >= 11 is 0. The van der Waals surface area contributed by atoms with Crippen molar-refractivity contribution in [3.63, 3.8) is 0 Å². The maximum atomic E-state index is 9.11. The molecule has 1 aliphatic rings. The van der Waals surface area contributed by atoms with Crippen LogP contribution in [0.3, 0.4) is 0 Å². The van der Waals surface area contributed by atoms with Gasteiger partial charge in [-0.15, -0.1) is 10.2 Å². The molecule has 8 heteroatoms. The van der Waals surface area contributed by atoms with Gasteiger partial charge in [0.2, 0.25) is 5.82 Å². The lowest BCUT2D eigenvalue weighted by Crippen LogP contribution is -2.38. The van der Waals surface area contributed by atoms with Gasteiger partial charge in [0.25, 0.3) is 0 Å². The van der Waals surface area contributed by atoms with Crippen LogP contribution in [0.1, 0.15) is 5.82 Å². The molecule has 2 heterocycles.